The van der Waals surface area contributed by atoms with Crippen molar-refractivity contribution < 1.29 is 22.0 Å². The Morgan fingerprint density at radius 3 is 2.44 bits per heavy atom. The van der Waals surface area contributed by atoms with Crippen molar-refractivity contribution in [2.45, 2.75) is 25.4 Å². The van der Waals surface area contributed by atoms with Crippen molar-refractivity contribution >= 4 is 11.6 Å². The van der Waals surface area contributed by atoms with Crippen LogP contribution in [0.5, 0.6) is 0 Å². The molecule has 1 aromatic heterocycles. The number of unbranched alkanes of at least 4 members (excludes halogenated alkanes) is 1. The summed E-state index contributed by atoms with van der Waals surface area (Å²) < 4.78 is 61.3. The summed E-state index contributed by atoms with van der Waals surface area (Å²) in [7, 11) is 0. The van der Waals surface area contributed by atoms with Gasteiger partial charge in [-0.1, -0.05) is 0 Å². The lowest BCUT2D eigenvalue weighted by Gasteiger charge is -2.08. The summed E-state index contributed by atoms with van der Waals surface area (Å²) in [4.78, 5) is 3.41. The van der Waals surface area contributed by atoms with Crippen LogP contribution in [0.15, 0.2) is 6.07 Å². The van der Waals surface area contributed by atoms with Crippen LogP contribution in [-0.4, -0.2) is 17.7 Å². The molecule has 1 heterocycles. The minimum absolute atomic E-state index is 0.0746. The first-order valence-electron chi connectivity index (χ1n) is 5.22. The highest BCUT2D eigenvalue weighted by Gasteiger charge is 2.25. The Morgan fingerprint density at radius 1 is 1.17 bits per heavy atom. The molecule has 0 bridgehead atoms. The van der Waals surface area contributed by atoms with Crippen LogP contribution in [-0.2, 0) is 0 Å². The van der Waals surface area contributed by atoms with E-state index in [2.05, 4.69) is 10.3 Å². The van der Waals surface area contributed by atoms with Gasteiger partial charge in [0, 0.05) is 19.0 Å². The molecule has 0 aliphatic rings. The van der Waals surface area contributed by atoms with Gasteiger partial charge in [-0.15, -0.1) is 0 Å². The lowest BCUT2D eigenvalue weighted by Crippen LogP contribution is -2.10. The highest BCUT2D eigenvalue weighted by molar-refractivity contribution is 5.44. The second-order valence-corrected chi connectivity index (χ2v) is 3.68. The molecule has 0 unspecified atom stereocenters. The average Bonchev–Trinajstić information content (AvgIpc) is 2.23. The molecule has 0 aliphatic heterocycles. The first kappa shape index (κ1) is 14.5. The van der Waals surface area contributed by atoms with Gasteiger partial charge >= 0.3 is 6.18 Å². The molecule has 0 radical (unpaired) electrons. The molecule has 1 aromatic rings. The Labute approximate surface area is 100 Å². The lowest BCUT2D eigenvalue weighted by atomic mass is 10.2. The second kappa shape index (κ2) is 5.83. The number of alkyl halides is 3. The van der Waals surface area contributed by atoms with E-state index in [1.165, 1.54) is 0 Å². The van der Waals surface area contributed by atoms with Gasteiger partial charge in [0.25, 0.3) is 0 Å². The maximum atomic E-state index is 13.1. The van der Waals surface area contributed by atoms with Crippen molar-refractivity contribution in [1.82, 2.24) is 4.98 Å². The summed E-state index contributed by atoms with van der Waals surface area (Å²) >= 11 is 0. The zero-order valence-corrected chi connectivity index (χ0v) is 9.32. The molecular formula is C10H12F5N3. The van der Waals surface area contributed by atoms with E-state index in [9.17, 15) is 22.0 Å². The Morgan fingerprint density at radius 2 is 1.83 bits per heavy atom. The number of nitrogens with one attached hydrogen (secondary N) is 1. The second-order valence-electron chi connectivity index (χ2n) is 3.68. The van der Waals surface area contributed by atoms with Crippen molar-refractivity contribution in [3.05, 3.63) is 17.7 Å². The highest BCUT2D eigenvalue weighted by atomic mass is 19.4. The predicted molar refractivity (Wildman–Crippen MR) is 57.0 cm³/mol. The molecule has 102 valence electrons. The number of anilines is 2. The molecule has 3 N–H and O–H groups in total. The van der Waals surface area contributed by atoms with Crippen molar-refractivity contribution in [3.8, 4) is 0 Å². The molecular weight excluding hydrogens is 257 g/mol. The minimum Gasteiger partial charge on any atom is -0.381 e. The summed E-state index contributed by atoms with van der Waals surface area (Å²) in [6.45, 7) is 0.102. The van der Waals surface area contributed by atoms with E-state index in [4.69, 9.17) is 5.73 Å². The van der Waals surface area contributed by atoms with Crippen LogP contribution < -0.4 is 11.1 Å². The van der Waals surface area contributed by atoms with E-state index < -0.39 is 30.0 Å². The number of nitrogens with two attached hydrogens (primary N) is 1. The van der Waals surface area contributed by atoms with Crippen LogP contribution in [0, 0.1) is 11.6 Å². The third kappa shape index (κ3) is 4.72. The third-order valence-electron chi connectivity index (χ3n) is 2.14. The van der Waals surface area contributed by atoms with E-state index in [1.807, 2.05) is 0 Å². The normalized spacial score (nSPS) is 11.6. The van der Waals surface area contributed by atoms with Gasteiger partial charge in [0.2, 0.25) is 0 Å². The molecule has 0 saturated carbocycles. The van der Waals surface area contributed by atoms with Crippen LogP contribution >= 0.6 is 0 Å². The fourth-order valence-electron chi connectivity index (χ4n) is 1.26. The van der Waals surface area contributed by atoms with Crippen molar-refractivity contribution in [2.24, 2.45) is 0 Å². The van der Waals surface area contributed by atoms with Crippen LogP contribution in [0.1, 0.15) is 19.3 Å². The van der Waals surface area contributed by atoms with E-state index in [0.29, 0.717) is 6.07 Å². The minimum atomic E-state index is -4.19. The number of pyridine rings is 1. The molecule has 0 aromatic carbocycles. The molecule has 0 fully saturated rings. The van der Waals surface area contributed by atoms with Gasteiger partial charge in [-0.25, -0.2) is 13.8 Å². The number of nitrogens with zero attached hydrogens (tertiary/aromatic N) is 1. The number of halogens is 5. The topological polar surface area (TPSA) is 50.9 Å². The van der Waals surface area contributed by atoms with Crippen molar-refractivity contribution in [2.75, 3.05) is 17.6 Å². The fourth-order valence-corrected chi connectivity index (χ4v) is 1.26. The van der Waals surface area contributed by atoms with Crippen molar-refractivity contribution in [1.29, 1.82) is 0 Å². The summed E-state index contributed by atoms with van der Waals surface area (Å²) in [5, 5.41) is 2.47. The van der Waals surface area contributed by atoms with E-state index in [0.717, 1.165) is 0 Å². The molecule has 0 atom stereocenters. The highest BCUT2D eigenvalue weighted by Crippen LogP contribution is 2.22. The number of aromatic nitrogens is 1. The Balaban J connectivity index is 2.38. The summed E-state index contributed by atoms with van der Waals surface area (Å²) in [6.07, 6.45) is -4.97. The Hall–Kier alpha value is -1.60. The fraction of sp³-hybridized carbons (Fsp3) is 0.500. The van der Waals surface area contributed by atoms with Gasteiger partial charge in [-0.05, 0) is 12.8 Å². The number of hydrogen-bond donors (Lipinski definition) is 2. The van der Waals surface area contributed by atoms with Gasteiger partial charge in [0.1, 0.15) is 0 Å². The first-order chi connectivity index (χ1) is 8.29. The molecule has 0 amide bonds. The van der Waals surface area contributed by atoms with E-state index >= 15 is 0 Å². The Bertz CT molecular complexity index is 405. The molecule has 0 saturated heterocycles. The molecule has 0 spiro atoms. The van der Waals surface area contributed by atoms with Crippen LogP contribution in [0.25, 0.3) is 0 Å². The largest absolute Gasteiger partial charge is 0.389 e. The smallest absolute Gasteiger partial charge is 0.381 e. The van der Waals surface area contributed by atoms with E-state index in [1.54, 1.807) is 0 Å². The molecule has 0 aliphatic carbocycles. The van der Waals surface area contributed by atoms with Gasteiger partial charge in [0.05, 0.1) is 0 Å². The molecule has 1 rings (SSSR count). The summed E-state index contributed by atoms with van der Waals surface area (Å²) in [5.74, 6) is -2.64. The summed E-state index contributed by atoms with van der Waals surface area (Å²) in [5.41, 5.74) is 5.14. The summed E-state index contributed by atoms with van der Waals surface area (Å²) in [6, 6.07) is 0.570. The quantitative estimate of drug-likeness (QED) is 0.638. The number of rotatable bonds is 5. The maximum absolute atomic E-state index is 13.1. The van der Waals surface area contributed by atoms with Gasteiger partial charge in [-0.2, -0.15) is 13.2 Å². The maximum Gasteiger partial charge on any atom is 0.389 e. The van der Waals surface area contributed by atoms with Gasteiger partial charge in [0.15, 0.2) is 23.3 Å². The average molecular weight is 269 g/mol. The molecule has 18 heavy (non-hydrogen) atoms. The number of hydrogen-bond acceptors (Lipinski definition) is 3. The zero-order chi connectivity index (χ0) is 13.8. The van der Waals surface area contributed by atoms with Gasteiger partial charge < -0.3 is 11.1 Å². The molecule has 8 heteroatoms. The monoisotopic (exact) mass is 269 g/mol. The standard InChI is InChI=1S/C10H12F5N3/c11-6-5-7(12)9(18-8(6)16)17-4-2-1-3-10(13,14)15/h5H,1-4H2,(H3,16,17,18). The first-order valence-corrected chi connectivity index (χ1v) is 5.22. The van der Waals surface area contributed by atoms with E-state index in [-0.39, 0.29) is 25.2 Å². The molecule has 3 nitrogen and oxygen atoms in total. The van der Waals surface area contributed by atoms with Crippen molar-refractivity contribution in [3.63, 3.8) is 0 Å². The SMILES string of the molecule is Nc1nc(NCCCCC(F)(F)F)c(F)cc1F. The number of nitrogen functional groups attached to an aromatic ring is 1. The Kier molecular flexibility index (Phi) is 4.69. The van der Waals surface area contributed by atoms with Crippen LogP contribution in [0.3, 0.4) is 0 Å². The van der Waals surface area contributed by atoms with Crippen LogP contribution in [0.4, 0.5) is 33.6 Å². The lowest BCUT2D eigenvalue weighted by molar-refractivity contribution is -0.135. The predicted octanol–water partition coefficient (Wildman–Crippen LogP) is 3.09. The third-order valence-corrected chi connectivity index (χ3v) is 2.14. The zero-order valence-electron chi connectivity index (χ0n) is 9.32. The van der Waals surface area contributed by atoms with Gasteiger partial charge in [-0.3, -0.25) is 0 Å². The van der Waals surface area contributed by atoms with Crippen LogP contribution in [0.2, 0.25) is 0 Å².